The van der Waals surface area contributed by atoms with Crippen molar-refractivity contribution < 1.29 is 4.79 Å². The summed E-state index contributed by atoms with van der Waals surface area (Å²) in [5, 5.41) is 11.6. The van der Waals surface area contributed by atoms with Gasteiger partial charge in [0.25, 0.3) is 0 Å². The summed E-state index contributed by atoms with van der Waals surface area (Å²) in [6, 6.07) is 2.12. The number of hydrogen-bond donors (Lipinski definition) is 1. The van der Waals surface area contributed by atoms with Gasteiger partial charge in [-0.05, 0) is 32.1 Å². The number of carbonyl (C=O) groups is 1. The van der Waals surface area contributed by atoms with Gasteiger partial charge in [-0.1, -0.05) is 6.92 Å². The average Bonchev–Trinajstić information content (AvgIpc) is 2.88. The maximum Gasteiger partial charge on any atom is 0.221 e. The first-order chi connectivity index (χ1) is 6.09. The van der Waals surface area contributed by atoms with Crippen molar-refractivity contribution in [1.82, 2.24) is 5.32 Å². The van der Waals surface area contributed by atoms with E-state index in [1.165, 1.54) is 12.8 Å². The van der Waals surface area contributed by atoms with Crippen LogP contribution >= 0.6 is 0 Å². The highest BCUT2D eigenvalue weighted by atomic mass is 16.1. The lowest BCUT2D eigenvalue weighted by atomic mass is 10.0. The lowest BCUT2D eigenvalue weighted by Gasteiger charge is -2.20. The molecule has 1 saturated carbocycles. The van der Waals surface area contributed by atoms with Gasteiger partial charge in [-0.3, -0.25) is 4.79 Å². The van der Waals surface area contributed by atoms with Gasteiger partial charge < -0.3 is 5.32 Å². The molecule has 3 heteroatoms. The minimum absolute atomic E-state index is 0.0217. The van der Waals surface area contributed by atoms with Crippen LogP contribution in [0.2, 0.25) is 0 Å². The molecule has 0 saturated heterocycles. The quantitative estimate of drug-likeness (QED) is 0.714. The summed E-state index contributed by atoms with van der Waals surface area (Å²) in [5.74, 6) is 0.605. The van der Waals surface area contributed by atoms with Crippen LogP contribution in [0.25, 0.3) is 0 Å². The van der Waals surface area contributed by atoms with E-state index in [-0.39, 0.29) is 5.91 Å². The second-order valence-electron chi connectivity index (χ2n) is 3.99. The Morgan fingerprint density at radius 1 is 1.69 bits per heavy atom. The van der Waals surface area contributed by atoms with Gasteiger partial charge in [-0.2, -0.15) is 5.26 Å². The lowest BCUT2D eigenvalue weighted by Crippen LogP contribution is -2.44. The molecule has 1 amide bonds. The Hall–Kier alpha value is -1.04. The number of carbonyl (C=O) groups excluding carboxylic acids is 1. The molecule has 1 aliphatic carbocycles. The first-order valence-electron chi connectivity index (χ1n) is 4.82. The molecule has 0 bridgehead atoms. The molecule has 1 aliphatic rings. The van der Waals surface area contributed by atoms with Gasteiger partial charge in [0, 0.05) is 6.42 Å². The maximum absolute atomic E-state index is 11.4. The van der Waals surface area contributed by atoms with Crippen LogP contribution in [0.1, 0.15) is 39.5 Å². The van der Waals surface area contributed by atoms with E-state index in [0.717, 1.165) is 0 Å². The predicted octanol–water partition coefficient (Wildman–Crippen LogP) is 1.59. The second kappa shape index (κ2) is 3.78. The van der Waals surface area contributed by atoms with Crippen LogP contribution in [0.5, 0.6) is 0 Å². The van der Waals surface area contributed by atoms with Crippen molar-refractivity contribution in [2.24, 2.45) is 5.92 Å². The molecule has 72 valence electrons. The van der Waals surface area contributed by atoms with Crippen molar-refractivity contribution in [2.75, 3.05) is 0 Å². The van der Waals surface area contributed by atoms with E-state index in [9.17, 15) is 4.79 Å². The summed E-state index contributed by atoms with van der Waals surface area (Å²) in [7, 11) is 0. The summed E-state index contributed by atoms with van der Waals surface area (Å²) in [6.07, 6.45) is 3.59. The molecule has 0 heterocycles. The molecule has 1 unspecified atom stereocenters. The average molecular weight is 180 g/mol. The van der Waals surface area contributed by atoms with Gasteiger partial charge in [0.05, 0.1) is 6.07 Å². The molecule has 3 nitrogen and oxygen atoms in total. The van der Waals surface area contributed by atoms with E-state index in [4.69, 9.17) is 5.26 Å². The Kier molecular flexibility index (Phi) is 2.92. The second-order valence-corrected chi connectivity index (χ2v) is 3.99. The van der Waals surface area contributed by atoms with Gasteiger partial charge in [0.2, 0.25) is 5.91 Å². The third-order valence-corrected chi connectivity index (χ3v) is 2.54. The lowest BCUT2D eigenvalue weighted by molar-refractivity contribution is -0.122. The smallest absolute Gasteiger partial charge is 0.221 e. The zero-order chi connectivity index (χ0) is 9.90. The highest BCUT2D eigenvalue weighted by Gasteiger charge is 2.28. The van der Waals surface area contributed by atoms with Crippen LogP contribution in [-0.4, -0.2) is 11.4 Å². The molecule has 1 atom stereocenters. The number of nitrogens with one attached hydrogen (secondary N) is 1. The molecule has 0 radical (unpaired) electrons. The van der Waals surface area contributed by atoms with E-state index in [1.807, 2.05) is 6.92 Å². The van der Waals surface area contributed by atoms with E-state index < -0.39 is 5.54 Å². The SMILES string of the molecule is CCC(C)(C#N)NC(=O)CC1CC1. The maximum atomic E-state index is 11.4. The van der Waals surface area contributed by atoms with Crippen LogP contribution in [0.15, 0.2) is 0 Å². The predicted molar refractivity (Wildman–Crippen MR) is 49.8 cm³/mol. The van der Waals surface area contributed by atoms with Gasteiger partial charge in [0.1, 0.15) is 5.54 Å². The Balaban J connectivity index is 2.36. The molecule has 0 aromatic rings. The van der Waals surface area contributed by atoms with Crippen LogP contribution in [0.4, 0.5) is 0 Å². The number of hydrogen-bond acceptors (Lipinski definition) is 2. The van der Waals surface area contributed by atoms with Gasteiger partial charge >= 0.3 is 0 Å². The molecular formula is C10H16N2O. The van der Waals surface area contributed by atoms with Gasteiger partial charge in [-0.25, -0.2) is 0 Å². The molecule has 1 rings (SSSR count). The number of amides is 1. The summed E-state index contributed by atoms with van der Waals surface area (Å²) in [4.78, 5) is 11.4. The Bertz CT molecular complexity index is 240. The van der Waals surface area contributed by atoms with Crippen molar-refractivity contribution in [3.05, 3.63) is 0 Å². The first-order valence-corrected chi connectivity index (χ1v) is 4.82. The van der Waals surface area contributed by atoms with Crippen molar-refractivity contribution >= 4 is 5.91 Å². The topological polar surface area (TPSA) is 52.9 Å². The number of nitrogens with zero attached hydrogens (tertiary/aromatic N) is 1. The fourth-order valence-electron chi connectivity index (χ4n) is 1.14. The summed E-state index contributed by atoms with van der Waals surface area (Å²) in [5.41, 5.74) is -0.675. The molecule has 0 spiro atoms. The van der Waals surface area contributed by atoms with Crippen molar-refractivity contribution in [3.8, 4) is 6.07 Å². The zero-order valence-corrected chi connectivity index (χ0v) is 8.26. The fourth-order valence-corrected chi connectivity index (χ4v) is 1.14. The van der Waals surface area contributed by atoms with E-state index in [2.05, 4.69) is 11.4 Å². The molecule has 0 aromatic carbocycles. The van der Waals surface area contributed by atoms with Crippen LogP contribution in [0, 0.1) is 17.2 Å². The molecule has 1 N–H and O–H groups in total. The summed E-state index contributed by atoms with van der Waals surface area (Å²) in [6.45, 7) is 3.67. The van der Waals surface area contributed by atoms with Crippen molar-refractivity contribution in [3.63, 3.8) is 0 Å². The summed E-state index contributed by atoms with van der Waals surface area (Å²) >= 11 is 0. The summed E-state index contributed by atoms with van der Waals surface area (Å²) < 4.78 is 0. The van der Waals surface area contributed by atoms with Gasteiger partial charge in [-0.15, -0.1) is 0 Å². The van der Waals surface area contributed by atoms with Gasteiger partial charge in [0.15, 0.2) is 0 Å². The zero-order valence-electron chi connectivity index (χ0n) is 8.26. The molecule has 13 heavy (non-hydrogen) atoms. The van der Waals surface area contributed by atoms with Crippen molar-refractivity contribution in [1.29, 1.82) is 5.26 Å². The molecule has 0 aromatic heterocycles. The minimum atomic E-state index is -0.675. The Morgan fingerprint density at radius 2 is 2.31 bits per heavy atom. The van der Waals surface area contributed by atoms with Crippen LogP contribution in [-0.2, 0) is 4.79 Å². The van der Waals surface area contributed by atoms with E-state index >= 15 is 0 Å². The monoisotopic (exact) mass is 180 g/mol. The molecule has 0 aliphatic heterocycles. The highest BCUT2D eigenvalue weighted by Crippen LogP contribution is 2.32. The number of nitriles is 1. The fraction of sp³-hybridized carbons (Fsp3) is 0.800. The number of rotatable bonds is 4. The standard InChI is InChI=1S/C10H16N2O/c1-3-10(2,7-11)12-9(13)6-8-4-5-8/h8H,3-6H2,1-2H3,(H,12,13). The highest BCUT2D eigenvalue weighted by molar-refractivity contribution is 5.77. The Labute approximate surface area is 79.1 Å². The largest absolute Gasteiger partial charge is 0.338 e. The van der Waals surface area contributed by atoms with E-state index in [0.29, 0.717) is 18.8 Å². The molecule has 1 fully saturated rings. The van der Waals surface area contributed by atoms with Crippen LogP contribution < -0.4 is 5.32 Å². The molecular weight excluding hydrogens is 164 g/mol. The first kappa shape index (κ1) is 10.0. The third-order valence-electron chi connectivity index (χ3n) is 2.54. The van der Waals surface area contributed by atoms with Crippen LogP contribution in [0.3, 0.4) is 0 Å². The minimum Gasteiger partial charge on any atom is -0.338 e. The van der Waals surface area contributed by atoms with E-state index in [1.54, 1.807) is 6.92 Å². The normalized spacial score (nSPS) is 20.1. The van der Waals surface area contributed by atoms with Crippen molar-refractivity contribution in [2.45, 2.75) is 45.1 Å². The third kappa shape index (κ3) is 3.06. The Morgan fingerprint density at radius 3 is 2.69 bits per heavy atom.